The number of hydrogen-bond donors (Lipinski definition) is 2. The summed E-state index contributed by atoms with van der Waals surface area (Å²) in [5, 5.41) is 19.1. The van der Waals surface area contributed by atoms with Crippen LogP contribution in [0.25, 0.3) is 5.70 Å². The molecule has 3 aromatic rings. The number of pyridine rings is 1. The number of nitrogens with zero attached hydrogens (tertiary/aromatic N) is 6. The number of aromatic hydroxyl groups is 1. The third-order valence-corrected chi connectivity index (χ3v) is 7.36. The summed E-state index contributed by atoms with van der Waals surface area (Å²) in [6.07, 6.45) is 0.989. The van der Waals surface area contributed by atoms with Crippen molar-refractivity contribution in [1.82, 2.24) is 14.6 Å². The van der Waals surface area contributed by atoms with Crippen LogP contribution in [0.3, 0.4) is 0 Å². The molecule has 3 heterocycles. The van der Waals surface area contributed by atoms with E-state index >= 15 is 0 Å². The fourth-order valence-corrected chi connectivity index (χ4v) is 5.28. The first-order chi connectivity index (χ1) is 23.9. The summed E-state index contributed by atoms with van der Waals surface area (Å²) in [6, 6.07) is 7.55. The van der Waals surface area contributed by atoms with Crippen LogP contribution >= 0.6 is 0 Å². The molecule has 0 fully saturated rings. The number of alkyl halides is 3. The first-order valence-corrected chi connectivity index (χ1v) is 17.3. The number of nitrogens with one attached hydrogen (secondary N) is 1. The molecule has 2 N–H and O–H groups in total. The van der Waals surface area contributed by atoms with Crippen molar-refractivity contribution in [3.63, 3.8) is 0 Å². The van der Waals surface area contributed by atoms with Crippen LogP contribution in [0.1, 0.15) is 128 Å². The van der Waals surface area contributed by atoms with Crippen LogP contribution in [-0.2, 0) is 17.4 Å². The first-order valence-electron chi connectivity index (χ1n) is 17.3. The molecule has 0 radical (unpaired) electrons. The Balaban J connectivity index is 0.000000599. The van der Waals surface area contributed by atoms with Gasteiger partial charge in [0.1, 0.15) is 23.3 Å². The molecule has 278 valence electrons. The van der Waals surface area contributed by atoms with E-state index in [2.05, 4.69) is 54.3 Å². The lowest BCUT2D eigenvalue weighted by Gasteiger charge is -2.40. The highest BCUT2D eigenvalue weighted by molar-refractivity contribution is 6.10. The van der Waals surface area contributed by atoms with Gasteiger partial charge >= 0.3 is 6.18 Å². The maximum Gasteiger partial charge on any atom is 0.419 e. The van der Waals surface area contributed by atoms with Gasteiger partial charge in [0, 0.05) is 30.4 Å². The molecule has 1 aliphatic rings. The van der Waals surface area contributed by atoms with Gasteiger partial charge in [-0.3, -0.25) is 10.2 Å². The summed E-state index contributed by atoms with van der Waals surface area (Å²) in [5.74, 6) is 1.58. The van der Waals surface area contributed by atoms with Gasteiger partial charge in [-0.05, 0) is 77.3 Å². The van der Waals surface area contributed by atoms with Crippen molar-refractivity contribution in [2.45, 2.75) is 120 Å². The van der Waals surface area contributed by atoms with Crippen LogP contribution in [-0.4, -0.2) is 36.9 Å². The number of imidazole rings is 1. The number of allylic oxidation sites excluding steroid dienone is 1. The fraction of sp³-hybridized carbons (Fsp3) is 0.462. The highest BCUT2D eigenvalue weighted by atomic mass is 19.4. The number of phenols is 1. The molecule has 0 spiro atoms. The Morgan fingerprint density at radius 1 is 1.10 bits per heavy atom. The van der Waals surface area contributed by atoms with Crippen LogP contribution < -0.4 is 10.3 Å². The lowest BCUT2D eigenvalue weighted by Crippen LogP contribution is -2.49. The molecule has 51 heavy (non-hydrogen) atoms. The van der Waals surface area contributed by atoms with Gasteiger partial charge < -0.3 is 10.0 Å². The molecule has 0 atom stereocenters. The quantitative estimate of drug-likeness (QED) is 0.227. The average Bonchev–Trinajstić information content (AvgIpc) is 3.38. The molecule has 1 aliphatic heterocycles. The Hall–Kier alpha value is -4.92. The van der Waals surface area contributed by atoms with E-state index < -0.39 is 23.0 Å². The van der Waals surface area contributed by atoms with Gasteiger partial charge in [0.15, 0.2) is 17.3 Å². The number of aryl methyl sites for hydroxylation is 3. The molecule has 1 aromatic carbocycles. The summed E-state index contributed by atoms with van der Waals surface area (Å²) < 4.78 is 38.6. The second kappa shape index (κ2) is 19.5. The van der Waals surface area contributed by atoms with Crippen molar-refractivity contribution in [2.75, 3.05) is 10.3 Å². The topological polar surface area (TPSA) is 119 Å². The van der Waals surface area contributed by atoms with Crippen molar-refractivity contribution < 1.29 is 23.1 Å². The van der Waals surface area contributed by atoms with Crippen molar-refractivity contribution in [1.29, 1.82) is 5.26 Å². The van der Waals surface area contributed by atoms with E-state index in [1.54, 1.807) is 12.1 Å². The van der Waals surface area contributed by atoms with Gasteiger partial charge in [-0.15, -0.1) is 0 Å². The second-order valence-electron chi connectivity index (χ2n) is 12.3. The lowest BCUT2D eigenvalue weighted by molar-refractivity contribution is -0.138. The number of aliphatic imine (C=N–C) groups is 1. The number of benzene rings is 1. The summed E-state index contributed by atoms with van der Waals surface area (Å²) >= 11 is 0. The van der Waals surface area contributed by atoms with Gasteiger partial charge in [0.2, 0.25) is 0 Å². The number of halogens is 3. The summed E-state index contributed by atoms with van der Waals surface area (Å²) in [7, 11) is 0. The zero-order valence-electron chi connectivity index (χ0n) is 32.0. The molecule has 0 saturated carbocycles. The van der Waals surface area contributed by atoms with Crippen LogP contribution in [0.2, 0.25) is 0 Å². The Morgan fingerprint density at radius 2 is 1.71 bits per heavy atom. The maximum atomic E-state index is 12.9. The molecule has 2 aromatic heterocycles. The molecule has 0 amide bonds. The number of ketones is 1. The summed E-state index contributed by atoms with van der Waals surface area (Å²) in [4.78, 5) is 27.5. The summed E-state index contributed by atoms with van der Waals surface area (Å²) in [5.41, 5.74) is 5.63. The highest BCUT2D eigenvalue weighted by Gasteiger charge is 2.36. The number of carbonyl (C=O) groups is 1. The van der Waals surface area contributed by atoms with Crippen LogP contribution in [0.15, 0.2) is 54.3 Å². The number of Topliss-reactive ketones (excluding diaryl/α,β-unsaturated/α-hetero) is 1. The third-order valence-electron chi connectivity index (χ3n) is 7.36. The van der Waals surface area contributed by atoms with E-state index in [0.29, 0.717) is 29.1 Å². The first kappa shape index (κ1) is 44.1. The number of amidine groups is 1. The Morgan fingerprint density at radius 3 is 2.22 bits per heavy atom. The molecule has 0 aliphatic carbocycles. The zero-order chi connectivity index (χ0) is 39.3. The molecule has 12 heteroatoms. The number of phenolic OH excluding ortho intramolecular Hbond substituents is 1. The maximum absolute atomic E-state index is 12.9. The summed E-state index contributed by atoms with van der Waals surface area (Å²) in [6.45, 7) is 29.7. The molecular formula is C39H54F3N7O2. The van der Waals surface area contributed by atoms with Crippen molar-refractivity contribution >= 4 is 23.0 Å². The van der Waals surface area contributed by atoms with Gasteiger partial charge in [-0.25, -0.2) is 19.6 Å². The number of carbonyl (C=O) groups excluding carboxylic acids is 1. The van der Waals surface area contributed by atoms with Gasteiger partial charge in [0.25, 0.3) is 0 Å². The monoisotopic (exact) mass is 709 g/mol. The normalized spacial score (nSPS) is 11.9. The average molecular weight is 710 g/mol. The number of nitriles is 1. The Labute approximate surface area is 301 Å². The molecular weight excluding hydrogens is 655 g/mol. The van der Waals surface area contributed by atoms with E-state index in [1.165, 1.54) is 25.6 Å². The Kier molecular flexibility index (Phi) is 16.8. The van der Waals surface area contributed by atoms with Gasteiger partial charge in [-0.2, -0.15) is 18.4 Å². The smallest absolute Gasteiger partial charge is 0.419 e. The molecule has 9 nitrogen and oxygen atoms in total. The number of anilines is 1. The van der Waals surface area contributed by atoms with E-state index in [-0.39, 0.29) is 11.5 Å². The lowest BCUT2D eigenvalue weighted by atomic mass is 9.92. The largest absolute Gasteiger partial charge is 0.507 e. The van der Waals surface area contributed by atoms with E-state index in [9.17, 15) is 23.1 Å². The molecule has 0 saturated heterocycles. The van der Waals surface area contributed by atoms with Gasteiger partial charge in [-0.1, -0.05) is 61.1 Å². The number of rotatable bonds is 9. The van der Waals surface area contributed by atoms with Crippen LogP contribution in [0.4, 0.5) is 18.9 Å². The van der Waals surface area contributed by atoms with Crippen LogP contribution in [0.5, 0.6) is 5.75 Å². The molecule has 0 bridgehead atoms. The highest BCUT2D eigenvalue weighted by Crippen LogP contribution is 2.35. The van der Waals surface area contributed by atoms with Crippen molar-refractivity contribution in [3.8, 4) is 11.8 Å². The van der Waals surface area contributed by atoms with Crippen molar-refractivity contribution in [2.24, 2.45) is 4.99 Å². The Bertz CT molecular complexity index is 1750. The van der Waals surface area contributed by atoms with E-state index in [4.69, 9.17) is 5.26 Å². The third kappa shape index (κ3) is 11.0. The van der Waals surface area contributed by atoms with Crippen molar-refractivity contribution in [3.05, 3.63) is 88.9 Å². The second-order valence-corrected chi connectivity index (χ2v) is 12.3. The van der Waals surface area contributed by atoms with Gasteiger partial charge in [0.05, 0.1) is 28.1 Å². The minimum Gasteiger partial charge on any atom is -0.507 e. The minimum atomic E-state index is -4.51. The predicted molar refractivity (Wildman–Crippen MR) is 201 cm³/mol. The molecule has 0 unspecified atom stereocenters. The number of hydrogen-bond acceptors (Lipinski definition) is 8. The van der Waals surface area contributed by atoms with E-state index in [0.717, 1.165) is 53.9 Å². The SMILES string of the molecule is C=C1N=C(c2cc(N(C(=C)C)C(C)(C)C(=O)CCC)ccc2O)Nn2c(CCC)nc(C)c21.CC.CCC.Cc1cnc(C#N)c(C(F)(F)F)c1. The number of fused-ring (bicyclic) bond motifs is 1. The minimum absolute atomic E-state index is 0.0782. The predicted octanol–water partition coefficient (Wildman–Crippen LogP) is 10.0. The molecule has 4 rings (SSSR count). The zero-order valence-corrected chi connectivity index (χ0v) is 32.0. The fourth-order valence-electron chi connectivity index (χ4n) is 5.28. The van der Waals surface area contributed by atoms with E-state index in [1.807, 2.05) is 64.1 Å². The number of aromatic nitrogens is 3. The standard InChI is InChI=1S/C26H35N5O2.C8H5F3N2.C3H8.C2H6/c1-9-11-22(33)26(7,8)30(16(3)4)19-13-14-21(32)20(15-19)25-28-18(6)24-17(5)27-23(12-10-2)31(24)29-25;1-5-2-6(8(9,10)11)7(3-12)13-4-5;1-3-2;1-2/h13-15,32H,3,6,9-12H2,1-2,4-5,7-8H3,(H,28,29);2,4H,1H3;3H2,1-2H3;1-2H3. The van der Waals surface area contributed by atoms with Crippen LogP contribution in [0, 0.1) is 25.2 Å².